The van der Waals surface area contributed by atoms with E-state index in [9.17, 15) is 26.7 Å². The summed E-state index contributed by atoms with van der Waals surface area (Å²) in [6.07, 6.45) is -2.21. The van der Waals surface area contributed by atoms with Crippen LogP contribution in [-0.4, -0.2) is 34.8 Å². The van der Waals surface area contributed by atoms with Crippen molar-refractivity contribution in [2.24, 2.45) is 0 Å². The molecule has 0 spiro atoms. The van der Waals surface area contributed by atoms with E-state index in [0.717, 1.165) is 6.20 Å². The van der Waals surface area contributed by atoms with Crippen molar-refractivity contribution in [3.05, 3.63) is 41.2 Å². The molecule has 6 nitrogen and oxygen atoms in total. The van der Waals surface area contributed by atoms with Crippen molar-refractivity contribution in [3.8, 4) is 0 Å². The Morgan fingerprint density at radius 3 is 2.45 bits per heavy atom. The third-order valence-electron chi connectivity index (χ3n) is 5.76. The number of sulfone groups is 1. The van der Waals surface area contributed by atoms with E-state index in [1.165, 1.54) is 12.1 Å². The first-order valence-corrected chi connectivity index (χ1v) is 11.7. The third kappa shape index (κ3) is 5.35. The molecule has 1 aromatic carbocycles. The Balaban J connectivity index is 1.93. The number of nitrogens with zero attached hydrogens (tertiary/aromatic N) is 2. The molecule has 3 rings (SSSR count). The molecule has 1 fully saturated rings. The van der Waals surface area contributed by atoms with Crippen LogP contribution in [0.1, 0.15) is 62.3 Å². The first-order chi connectivity index (χ1) is 14.3. The number of aryl methyl sites for hydroxylation is 1. The monoisotopic (exact) mass is 457 g/mol. The summed E-state index contributed by atoms with van der Waals surface area (Å²) >= 11 is 0. The highest BCUT2D eigenvalue weighted by Crippen LogP contribution is 2.42. The van der Waals surface area contributed by atoms with Crippen LogP contribution in [0.5, 0.6) is 0 Å². The lowest BCUT2D eigenvalue weighted by Crippen LogP contribution is -2.30. The number of hydrogen-bond donors (Lipinski definition) is 2. The first-order valence-electron chi connectivity index (χ1n) is 10.1. The van der Waals surface area contributed by atoms with Gasteiger partial charge in [0.05, 0.1) is 27.5 Å². The SMILES string of the molecule is CCS(=O)(=O)c1ccc(Nc2ncc(C(F)(F)F)c([C@H]3CC[C@](C)(O)CC3)n2)c(C)c1. The molecule has 1 heterocycles. The minimum atomic E-state index is -4.58. The zero-order chi connectivity index (χ0) is 23.0. The Morgan fingerprint density at radius 2 is 1.90 bits per heavy atom. The van der Waals surface area contributed by atoms with E-state index < -0.39 is 33.1 Å². The normalized spacial score (nSPS) is 22.4. The minimum absolute atomic E-state index is 0.00883. The summed E-state index contributed by atoms with van der Waals surface area (Å²) in [5, 5.41) is 13.0. The molecule has 170 valence electrons. The lowest BCUT2D eigenvalue weighted by atomic mass is 9.78. The average molecular weight is 458 g/mol. The molecule has 1 aliphatic rings. The van der Waals surface area contributed by atoms with Crippen LogP contribution in [-0.2, 0) is 16.0 Å². The van der Waals surface area contributed by atoms with E-state index >= 15 is 0 Å². The zero-order valence-electron chi connectivity index (χ0n) is 17.6. The second-order valence-electron chi connectivity index (χ2n) is 8.27. The standard InChI is InChI=1S/C21H26F3N3O3S/c1-4-31(29,30)15-5-6-17(13(2)11-15)26-19-25-12-16(21(22,23)24)18(27-19)14-7-9-20(3,28)10-8-14/h5-6,11-12,14,28H,4,7-10H2,1-3H3,(H,25,26,27)/t14-,20-. The predicted octanol–water partition coefficient (Wildman–Crippen LogP) is 4.75. The molecule has 2 N–H and O–H groups in total. The number of anilines is 2. The van der Waals surface area contributed by atoms with Gasteiger partial charge in [0.2, 0.25) is 5.95 Å². The van der Waals surface area contributed by atoms with E-state index in [1.807, 2.05) is 0 Å². The van der Waals surface area contributed by atoms with Crippen molar-refractivity contribution < 1.29 is 26.7 Å². The van der Waals surface area contributed by atoms with E-state index in [2.05, 4.69) is 15.3 Å². The Kier molecular flexibility index (Phi) is 6.35. The summed E-state index contributed by atoms with van der Waals surface area (Å²) < 4.78 is 64.8. The van der Waals surface area contributed by atoms with Gasteiger partial charge in [0.15, 0.2) is 9.84 Å². The maximum Gasteiger partial charge on any atom is 0.419 e. The van der Waals surface area contributed by atoms with Crippen LogP contribution in [0.2, 0.25) is 0 Å². The highest BCUT2D eigenvalue weighted by molar-refractivity contribution is 7.91. The van der Waals surface area contributed by atoms with Gasteiger partial charge in [-0.1, -0.05) is 6.92 Å². The molecule has 0 amide bonds. The van der Waals surface area contributed by atoms with Crippen LogP contribution in [0.15, 0.2) is 29.3 Å². The Hall–Kier alpha value is -2.20. The first kappa shape index (κ1) is 23.5. The third-order valence-corrected chi connectivity index (χ3v) is 7.49. The Morgan fingerprint density at radius 1 is 1.26 bits per heavy atom. The van der Waals surface area contributed by atoms with Gasteiger partial charge >= 0.3 is 6.18 Å². The van der Waals surface area contributed by atoms with Crippen LogP contribution in [0.4, 0.5) is 24.8 Å². The van der Waals surface area contributed by atoms with E-state index in [1.54, 1.807) is 26.8 Å². The minimum Gasteiger partial charge on any atom is -0.390 e. The van der Waals surface area contributed by atoms with Gasteiger partial charge < -0.3 is 10.4 Å². The molecule has 0 atom stereocenters. The number of nitrogens with one attached hydrogen (secondary N) is 1. The lowest BCUT2D eigenvalue weighted by Gasteiger charge is -2.33. The fraction of sp³-hybridized carbons (Fsp3) is 0.524. The predicted molar refractivity (Wildman–Crippen MR) is 111 cm³/mol. The number of benzene rings is 1. The second-order valence-corrected chi connectivity index (χ2v) is 10.5. The quantitative estimate of drug-likeness (QED) is 0.673. The summed E-state index contributed by atoms with van der Waals surface area (Å²) in [5.74, 6) is -0.452. The molecule has 0 saturated heterocycles. The molecular formula is C21H26F3N3O3S. The highest BCUT2D eigenvalue weighted by atomic mass is 32.2. The van der Waals surface area contributed by atoms with Crippen molar-refractivity contribution in [2.75, 3.05) is 11.1 Å². The topological polar surface area (TPSA) is 92.2 Å². The summed E-state index contributed by atoms with van der Waals surface area (Å²) in [4.78, 5) is 8.22. The van der Waals surface area contributed by atoms with E-state index in [0.29, 0.717) is 36.9 Å². The summed E-state index contributed by atoms with van der Waals surface area (Å²) in [7, 11) is -3.37. The van der Waals surface area contributed by atoms with Crippen LogP contribution >= 0.6 is 0 Å². The smallest absolute Gasteiger partial charge is 0.390 e. The van der Waals surface area contributed by atoms with Gasteiger partial charge in [0.25, 0.3) is 0 Å². The van der Waals surface area contributed by atoms with Crippen molar-refractivity contribution in [2.45, 2.75) is 69.0 Å². The van der Waals surface area contributed by atoms with Gasteiger partial charge in [-0.05, 0) is 63.3 Å². The number of alkyl halides is 3. The largest absolute Gasteiger partial charge is 0.419 e. The average Bonchev–Trinajstić information content (AvgIpc) is 2.68. The number of halogens is 3. The van der Waals surface area contributed by atoms with Crippen molar-refractivity contribution >= 4 is 21.5 Å². The molecule has 31 heavy (non-hydrogen) atoms. The zero-order valence-corrected chi connectivity index (χ0v) is 18.4. The molecule has 1 saturated carbocycles. The van der Waals surface area contributed by atoms with Crippen LogP contribution in [0, 0.1) is 6.92 Å². The number of rotatable bonds is 5. The summed E-state index contributed by atoms with van der Waals surface area (Å²) in [6.45, 7) is 4.94. The molecule has 1 aliphatic carbocycles. The molecule has 0 radical (unpaired) electrons. The molecule has 0 bridgehead atoms. The molecule has 10 heteroatoms. The molecule has 2 aromatic rings. The van der Waals surface area contributed by atoms with Crippen LogP contribution in [0.25, 0.3) is 0 Å². The number of aliphatic hydroxyl groups is 1. The van der Waals surface area contributed by atoms with Crippen molar-refractivity contribution in [1.82, 2.24) is 9.97 Å². The molecule has 0 aliphatic heterocycles. The van der Waals surface area contributed by atoms with Gasteiger partial charge in [-0.15, -0.1) is 0 Å². The van der Waals surface area contributed by atoms with Gasteiger partial charge in [-0.3, -0.25) is 0 Å². The molecule has 1 aromatic heterocycles. The molecule has 0 unspecified atom stereocenters. The maximum absolute atomic E-state index is 13.6. The fourth-order valence-corrected chi connectivity index (χ4v) is 4.72. The summed E-state index contributed by atoms with van der Waals surface area (Å²) in [5.41, 5.74) is -0.713. The maximum atomic E-state index is 13.6. The Bertz CT molecular complexity index is 1060. The van der Waals surface area contributed by atoms with Crippen molar-refractivity contribution in [3.63, 3.8) is 0 Å². The van der Waals surface area contributed by atoms with Gasteiger partial charge in [-0.25, -0.2) is 18.4 Å². The number of hydrogen-bond acceptors (Lipinski definition) is 6. The fourth-order valence-electron chi connectivity index (χ4n) is 3.75. The van der Waals surface area contributed by atoms with Crippen LogP contribution < -0.4 is 5.32 Å². The second kappa shape index (κ2) is 8.38. The van der Waals surface area contributed by atoms with E-state index in [-0.39, 0.29) is 22.3 Å². The molecular weight excluding hydrogens is 431 g/mol. The Labute approximate surface area is 179 Å². The van der Waals surface area contributed by atoms with Gasteiger partial charge in [0, 0.05) is 17.8 Å². The summed E-state index contributed by atoms with van der Waals surface area (Å²) in [6, 6.07) is 4.51. The number of aromatic nitrogens is 2. The highest BCUT2D eigenvalue weighted by Gasteiger charge is 2.39. The van der Waals surface area contributed by atoms with Gasteiger partial charge in [0.1, 0.15) is 0 Å². The van der Waals surface area contributed by atoms with E-state index in [4.69, 9.17) is 0 Å². The van der Waals surface area contributed by atoms with Crippen LogP contribution in [0.3, 0.4) is 0 Å². The van der Waals surface area contributed by atoms with Gasteiger partial charge in [-0.2, -0.15) is 13.2 Å². The lowest BCUT2D eigenvalue weighted by molar-refractivity contribution is -0.139. The van der Waals surface area contributed by atoms with Crippen molar-refractivity contribution in [1.29, 1.82) is 0 Å².